The van der Waals surface area contributed by atoms with Crippen molar-refractivity contribution in [2.24, 2.45) is 0 Å². The number of fused-ring (bicyclic) bond motifs is 5. The third kappa shape index (κ3) is 5.96. The molecule has 0 amide bonds. The number of hydrogen-bond donors (Lipinski definition) is 0. The van der Waals surface area contributed by atoms with E-state index in [1.165, 1.54) is 71.2 Å². The van der Waals surface area contributed by atoms with Gasteiger partial charge in [-0.1, -0.05) is 164 Å². The highest BCUT2D eigenvalue weighted by atomic mass is 15.0. The van der Waals surface area contributed by atoms with E-state index in [2.05, 4.69) is 223 Å². The molecule has 57 heavy (non-hydrogen) atoms. The second kappa shape index (κ2) is 13.6. The van der Waals surface area contributed by atoms with E-state index in [0.717, 1.165) is 33.8 Å². The first kappa shape index (κ1) is 32.8. The van der Waals surface area contributed by atoms with Crippen molar-refractivity contribution in [2.45, 2.75) is 0 Å². The molecule has 2 nitrogen and oxygen atoms in total. The van der Waals surface area contributed by atoms with Gasteiger partial charge < -0.3 is 4.57 Å². The average molecular weight is 725 g/mol. The van der Waals surface area contributed by atoms with Crippen molar-refractivity contribution < 1.29 is 0 Å². The van der Waals surface area contributed by atoms with Crippen molar-refractivity contribution in [3.05, 3.63) is 218 Å². The summed E-state index contributed by atoms with van der Waals surface area (Å²) in [6.07, 6.45) is 0. The van der Waals surface area contributed by atoms with E-state index in [1.54, 1.807) is 0 Å². The highest BCUT2D eigenvalue weighted by Crippen LogP contribution is 2.36. The molecule has 0 N–H and O–H groups in total. The van der Waals surface area contributed by atoms with Crippen LogP contribution in [0.15, 0.2) is 218 Å². The normalized spacial score (nSPS) is 11.5. The number of rotatable bonds is 6. The third-order valence-electron chi connectivity index (χ3n) is 11.4. The maximum atomic E-state index is 5.28. The Bertz CT molecular complexity index is 3130. The lowest BCUT2D eigenvalue weighted by Crippen LogP contribution is -1.93. The van der Waals surface area contributed by atoms with Gasteiger partial charge in [-0.3, -0.25) is 0 Å². The minimum atomic E-state index is 0.951. The van der Waals surface area contributed by atoms with Gasteiger partial charge in [0.05, 0.1) is 22.4 Å². The molecule has 0 fully saturated rings. The quantitative estimate of drug-likeness (QED) is 0.167. The van der Waals surface area contributed by atoms with Crippen LogP contribution >= 0.6 is 0 Å². The molecule has 2 heteroatoms. The van der Waals surface area contributed by atoms with Crippen LogP contribution in [0.5, 0.6) is 0 Å². The smallest absolute Gasteiger partial charge is 0.0715 e. The number of hydrogen-bond acceptors (Lipinski definition) is 1. The summed E-state index contributed by atoms with van der Waals surface area (Å²) >= 11 is 0. The van der Waals surface area contributed by atoms with Crippen molar-refractivity contribution in [1.29, 1.82) is 0 Å². The zero-order valence-corrected chi connectivity index (χ0v) is 31.2. The van der Waals surface area contributed by atoms with Crippen LogP contribution in [-0.4, -0.2) is 9.55 Å². The van der Waals surface area contributed by atoms with Crippen LogP contribution in [-0.2, 0) is 0 Å². The van der Waals surface area contributed by atoms with Crippen LogP contribution in [0.25, 0.3) is 105 Å². The molecule has 2 aromatic heterocycles. The molecule has 0 atom stereocenters. The van der Waals surface area contributed by atoms with E-state index < -0.39 is 0 Å². The van der Waals surface area contributed by atoms with Gasteiger partial charge in [-0.25, -0.2) is 4.98 Å². The predicted molar refractivity (Wildman–Crippen MR) is 241 cm³/mol. The molecule has 0 aliphatic carbocycles. The van der Waals surface area contributed by atoms with E-state index in [1.807, 2.05) is 0 Å². The number of nitrogens with zero attached hydrogens (tertiary/aromatic N) is 2. The van der Waals surface area contributed by atoms with E-state index >= 15 is 0 Å². The molecule has 0 aliphatic rings. The van der Waals surface area contributed by atoms with Gasteiger partial charge in [0.2, 0.25) is 0 Å². The lowest BCUT2D eigenvalue weighted by atomic mass is 9.96. The van der Waals surface area contributed by atoms with Crippen molar-refractivity contribution in [3.8, 4) is 61.6 Å². The fourth-order valence-electron chi connectivity index (χ4n) is 8.43. The molecule has 0 saturated carbocycles. The van der Waals surface area contributed by atoms with Gasteiger partial charge in [-0.05, 0) is 110 Å². The van der Waals surface area contributed by atoms with Crippen molar-refractivity contribution in [1.82, 2.24) is 9.55 Å². The van der Waals surface area contributed by atoms with Crippen LogP contribution in [0.4, 0.5) is 0 Å². The maximum Gasteiger partial charge on any atom is 0.0715 e. The average Bonchev–Trinajstić information content (AvgIpc) is 3.63. The zero-order chi connectivity index (χ0) is 37.7. The lowest BCUT2D eigenvalue weighted by Gasteiger charge is -2.12. The van der Waals surface area contributed by atoms with Crippen LogP contribution in [0, 0.1) is 0 Å². The molecule has 0 spiro atoms. The summed E-state index contributed by atoms with van der Waals surface area (Å²) in [7, 11) is 0. The molecular formula is C55H36N2. The zero-order valence-electron chi connectivity index (χ0n) is 31.2. The highest BCUT2D eigenvalue weighted by molar-refractivity contribution is 6.09. The van der Waals surface area contributed by atoms with E-state index in [0.29, 0.717) is 0 Å². The Morgan fingerprint density at radius 1 is 0.263 bits per heavy atom. The standard InChI is InChI=1S/C55H36N2/c1-3-12-42-33-46(26-22-37(42)10-1)48-35-52(56-53(36-48)47-27-23-38-11-2-4-13-43(38)34-47)41-24-20-39(21-25-41)44-14-9-15-45(32-44)40-28-30-49(31-29-40)57-54-18-7-5-16-50(54)51-17-6-8-19-55(51)57/h1-36H. The Morgan fingerprint density at radius 3 is 1.32 bits per heavy atom. The summed E-state index contributed by atoms with van der Waals surface area (Å²) in [6.45, 7) is 0. The van der Waals surface area contributed by atoms with Gasteiger partial charge in [0.15, 0.2) is 0 Å². The Labute approximate surface area is 331 Å². The molecule has 0 aliphatic heterocycles. The first-order chi connectivity index (χ1) is 28.2. The molecule has 9 aromatic carbocycles. The summed E-state index contributed by atoms with van der Waals surface area (Å²) in [6, 6.07) is 78.8. The van der Waals surface area contributed by atoms with Gasteiger partial charge in [-0.15, -0.1) is 0 Å². The van der Waals surface area contributed by atoms with Gasteiger partial charge >= 0.3 is 0 Å². The molecule has 266 valence electrons. The number of pyridine rings is 1. The Hall–Kier alpha value is -7.55. The number of aromatic nitrogens is 2. The summed E-state index contributed by atoms with van der Waals surface area (Å²) in [5.41, 5.74) is 14.8. The van der Waals surface area contributed by atoms with Crippen LogP contribution in [0.1, 0.15) is 0 Å². The monoisotopic (exact) mass is 724 g/mol. The van der Waals surface area contributed by atoms with Crippen molar-refractivity contribution >= 4 is 43.4 Å². The topological polar surface area (TPSA) is 17.8 Å². The summed E-state index contributed by atoms with van der Waals surface area (Å²) in [4.78, 5) is 5.28. The summed E-state index contributed by atoms with van der Waals surface area (Å²) < 4.78 is 2.36. The first-order valence-electron chi connectivity index (χ1n) is 19.5. The largest absolute Gasteiger partial charge is 0.309 e. The minimum absolute atomic E-state index is 0.951. The van der Waals surface area contributed by atoms with Crippen LogP contribution < -0.4 is 0 Å². The molecule has 0 radical (unpaired) electrons. The van der Waals surface area contributed by atoms with Gasteiger partial charge in [-0.2, -0.15) is 0 Å². The summed E-state index contributed by atoms with van der Waals surface area (Å²) in [5, 5.41) is 7.44. The number of benzene rings is 9. The lowest BCUT2D eigenvalue weighted by molar-refractivity contribution is 1.18. The van der Waals surface area contributed by atoms with Crippen molar-refractivity contribution in [3.63, 3.8) is 0 Å². The van der Waals surface area contributed by atoms with Crippen molar-refractivity contribution in [2.75, 3.05) is 0 Å². The van der Waals surface area contributed by atoms with E-state index in [4.69, 9.17) is 4.98 Å². The fraction of sp³-hybridized carbons (Fsp3) is 0. The van der Waals surface area contributed by atoms with Crippen LogP contribution in [0.3, 0.4) is 0 Å². The molecule has 11 aromatic rings. The van der Waals surface area contributed by atoms with E-state index in [9.17, 15) is 0 Å². The van der Waals surface area contributed by atoms with Crippen LogP contribution in [0.2, 0.25) is 0 Å². The Balaban J connectivity index is 0.931. The molecule has 2 heterocycles. The number of para-hydroxylation sites is 2. The summed E-state index contributed by atoms with van der Waals surface area (Å²) in [5.74, 6) is 0. The predicted octanol–water partition coefficient (Wildman–Crippen LogP) is 14.8. The van der Waals surface area contributed by atoms with Gasteiger partial charge in [0.1, 0.15) is 0 Å². The molecule has 0 bridgehead atoms. The highest BCUT2D eigenvalue weighted by Gasteiger charge is 2.13. The molecule has 0 unspecified atom stereocenters. The van der Waals surface area contributed by atoms with Gasteiger partial charge in [0, 0.05) is 27.6 Å². The third-order valence-corrected chi connectivity index (χ3v) is 11.4. The van der Waals surface area contributed by atoms with E-state index in [-0.39, 0.29) is 0 Å². The fourth-order valence-corrected chi connectivity index (χ4v) is 8.43. The van der Waals surface area contributed by atoms with Gasteiger partial charge in [0.25, 0.3) is 0 Å². The Kier molecular flexibility index (Phi) is 7.86. The minimum Gasteiger partial charge on any atom is -0.309 e. The second-order valence-corrected chi connectivity index (χ2v) is 14.8. The Morgan fingerprint density at radius 2 is 0.702 bits per heavy atom. The second-order valence-electron chi connectivity index (χ2n) is 14.8. The molecule has 11 rings (SSSR count). The first-order valence-corrected chi connectivity index (χ1v) is 19.5. The molecular weight excluding hydrogens is 689 g/mol. The maximum absolute atomic E-state index is 5.28. The SMILES string of the molecule is c1cc(-c2ccc(-c3cc(-c4ccc5ccccc5c4)cc(-c4ccc5ccccc5c4)n3)cc2)cc(-c2ccc(-n3c4ccccc4c4ccccc43)cc2)c1. The molecule has 0 saturated heterocycles.